The van der Waals surface area contributed by atoms with Gasteiger partial charge in [0.15, 0.2) is 17.0 Å². The molecule has 0 N–H and O–H groups in total. The molecule has 10 aromatic carbocycles. The van der Waals surface area contributed by atoms with E-state index in [0.29, 0.717) is 5.58 Å². The second-order valence-electron chi connectivity index (χ2n) is 17.4. The Morgan fingerprint density at radius 1 is 0.460 bits per heavy atom. The molecule has 4 heteroatoms. The summed E-state index contributed by atoms with van der Waals surface area (Å²) in [4.78, 5) is 2.38. The Balaban J connectivity index is 1.20. The fraction of sp³-hybridized carbons (Fsp3) is 0.0508. The molecular formula is C59H37FN2O. The molecule has 296 valence electrons. The fourth-order valence-electron chi connectivity index (χ4n) is 11.8. The zero-order valence-electron chi connectivity index (χ0n) is 34.6. The molecule has 1 atom stereocenters. The monoisotopic (exact) mass is 808 g/mol. The van der Waals surface area contributed by atoms with E-state index in [1.807, 2.05) is 12.1 Å². The number of aryl methyl sites for hydroxylation is 2. The first kappa shape index (κ1) is 34.7. The maximum absolute atomic E-state index is 15.6. The van der Waals surface area contributed by atoms with Gasteiger partial charge in [-0.05, 0) is 105 Å². The van der Waals surface area contributed by atoms with Gasteiger partial charge in [-0.2, -0.15) is 0 Å². The third-order valence-electron chi connectivity index (χ3n) is 14.2. The van der Waals surface area contributed by atoms with Gasteiger partial charge in [0.1, 0.15) is 0 Å². The van der Waals surface area contributed by atoms with E-state index in [2.05, 4.69) is 187 Å². The molecule has 14 rings (SSSR count). The minimum Gasteiger partial charge on any atom is -0.451 e. The van der Waals surface area contributed by atoms with Crippen LogP contribution in [0.15, 0.2) is 192 Å². The predicted molar refractivity (Wildman–Crippen MR) is 258 cm³/mol. The van der Waals surface area contributed by atoms with Crippen LogP contribution in [-0.2, 0) is 5.41 Å². The molecule has 1 unspecified atom stereocenters. The Morgan fingerprint density at radius 3 is 2.00 bits per heavy atom. The van der Waals surface area contributed by atoms with Crippen molar-refractivity contribution in [3.8, 4) is 16.8 Å². The molecule has 0 saturated heterocycles. The number of fused-ring (bicyclic) bond motifs is 19. The fourth-order valence-corrected chi connectivity index (χ4v) is 11.8. The molecule has 0 amide bonds. The van der Waals surface area contributed by atoms with Gasteiger partial charge in [-0.3, -0.25) is 0 Å². The van der Waals surface area contributed by atoms with Crippen molar-refractivity contribution in [2.45, 2.75) is 19.3 Å². The highest BCUT2D eigenvalue weighted by atomic mass is 19.1. The number of halogens is 1. The summed E-state index contributed by atoms with van der Waals surface area (Å²) in [6.45, 7) is 4.32. The lowest BCUT2D eigenvalue weighted by Gasteiger charge is -2.40. The summed E-state index contributed by atoms with van der Waals surface area (Å²) >= 11 is 0. The Bertz CT molecular complexity index is 3980. The summed E-state index contributed by atoms with van der Waals surface area (Å²) in [7, 11) is 0. The van der Waals surface area contributed by atoms with Crippen LogP contribution >= 0.6 is 0 Å². The van der Waals surface area contributed by atoms with Gasteiger partial charge in [0, 0.05) is 32.6 Å². The van der Waals surface area contributed by atoms with Gasteiger partial charge in [0.2, 0.25) is 0 Å². The van der Waals surface area contributed by atoms with Crippen LogP contribution in [0.5, 0.6) is 0 Å². The van der Waals surface area contributed by atoms with Gasteiger partial charge in [-0.15, -0.1) is 0 Å². The third kappa shape index (κ3) is 4.32. The van der Waals surface area contributed by atoms with E-state index in [-0.39, 0.29) is 11.4 Å². The van der Waals surface area contributed by atoms with Gasteiger partial charge in [-0.1, -0.05) is 157 Å². The van der Waals surface area contributed by atoms with Crippen LogP contribution in [0.4, 0.5) is 21.5 Å². The molecule has 3 heterocycles. The molecule has 3 nitrogen and oxygen atoms in total. The topological polar surface area (TPSA) is 21.3 Å². The average Bonchev–Trinajstić information content (AvgIpc) is 3.97. The van der Waals surface area contributed by atoms with E-state index in [0.717, 1.165) is 38.8 Å². The zero-order valence-corrected chi connectivity index (χ0v) is 34.6. The molecule has 0 saturated carbocycles. The number of aromatic nitrogens is 1. The standard InChI is InChI=1S/C59H37FN2O/c1-34-28-31-49(35(2)32-34)61(52-27-13-21-43-42-20-12-24-48(60)57(42)63-58(43)52)53-33-47-55(40-18-6-5-16-38(40)53)54-37-15-4-3-14-36(37)29-30-45(54)59(47)44-22-8-10-26-51(44)62-50-25-9-7-17-39(50)41-19-11-23-46(59)56(41)62/h3-33H,1-2H3. The molecule has 0 radical (unpaired) electrons. The van der Waals surface area contributed by atoms with E-state index in [9.17, 15) is 0 Å². The number of anilines is 3. The second-order valence-corrected chi connectivity index (χ2v) is 17.4. The Kier molecular flexibility index (Phi) is 6.80. The molecule has 12 aromatic rings. The molecule has 1 aliphatic heterocycles. The largest absolute Gasteiger partial charge is 0.451 e. The van der Waals surface area contributed by atoms with Crippen LogP contribution in [0.3, 0.4) is 0 Å². The number of rotatable bonds is 3. The first-order valence-corrected chi connectivity index (χ1v) is 21.7. The Hall–Kier alpha value is -7.95. The molecule has 2 aliphatic rings. The maximum atomic E-state index is 15.6. The van der Waals surface area contributed by atoms with E-state index in [1.54, 1.807) is 6.07 Å². The average molecular weight is 809 g/mol. The van der Waals surface area contributed by atoms with Crippen molar-refractivity contribution < 1.29 is 8.81 Å². The van der Waals surface area contributed by atoms with Crippen molar-refractivity contribution >= 4 is 82.4 Å². The van der Waals surface area contributed by atoms with Crippen LogP contribution < -0.4 is 4.90 Å². The first-order valence-electron chi connectivity index (χ1n) is 21.7. The van der Waals surface area contributed by atoms with E-state index >= 15 is 4.39 Å². The lowest BCUT2D eigenvalue weighted by atomic mass is 9.65. The number of furan rings is 1. The van der Waals surface area contributed by atoms with Gasteiger partial charge < -0.3 is 13.9 Å². The van der Waals surface area contributed by atoms with Crippen molar-refractivity contribution in [2.24, 2.45) is 0 Å². The number of hydrogen-bond donors (Lipinski definition) is 0. The zero-order chi connectivity index (χ0) is 41.7. The molecule has 0 fully saturated rings. The summed E-state index contributed by atoms with van der Waals surface area (Å²) in [6, 6.07) is 67.9. The summed E-state index contributed by atoms with van der Waals surface area (Å²) in [5.41, 5.74) is 16.6. The summed E-state index contributed by atoms with van der Waals surface area (Å²) in [5.74, 6) is -0.370. The summed E-state index contributed by atoms with van der Waals surface area (Å²) in [5, 5.41) is 8.86. The first-order chi connectivity index (χ1) is 31.0. The Labute approximate surface area is 362 Å². The van der Waals surface area contributed by atoms with Crippen molar-refractivity contribution in [2.75, 3.05) is 4.90 Å². The Morgan fingerprint density at radius 2 is 1.13 bits per heavy atom. The smallest absolute Gasteiger partial charge is 0.171 e. The summed E-state index contributed by atoms with van der Waals surface area (Å²) in [6.07, 6.45) is 0. The van der Waals surface area contributed by atoms with E-state index in [1.165, 1.54) is 88.7 Å². The minimum atomic E-state index is -0.698. The van der Waals surface area contributed by atoms with Gasteiger partial charge in [-0.25, -0.2) is 4.39 Å². The summed E-state index contributed by atoms with van der Waals surface area (Å²) < 4.78 is 24.7. The molecule has 1 aliphatic carbocycles. The molecule has 2 aromatic heterocycles. The van der Waals surface area contributed by atoms with Crippen LogP contribution in [0.2, 0.25) is 0 Å². The van der Waals surface area contributed by atoms with Crippen molar-refractivity contribution in [3.63, 3.8) is 0 Å². The van der Waals surface area contributed by atoms with Gasteiger partial charge in [0.05, 0.1) is 33.5 Å². The van der Waals surface area contributed by atoms with Crippen LogP contribution in [0, 0.1) is 19.7 Å². The maximum Gasteiger partial charge on any atom is 0.171 e. The minimum absolute atomic E-state index is 0.267. The van der Waals surface area contributed by atoms with Crippen LogP contribution in [0.1, 0.15) is 33.4 Å². The van der Waals surface area contributed by atoms with Crippen LogP contribution in [0.25, 0.3) is 82.1 Å². The number of benzene rings is 10. The lowest BCUT2D eigenvalue weighted by molar-refractivity contribution is 0.584. The SMILES string of the molecule is Cc1ccc(N(c2cc3c(c4ccccc24)-c2c(ccc4ccccc24)C32c3ccccc3-n3c4ccccc4c4cccc2c43)c2cccc3c2oc2c(F)cccc23)c(C)c1. The predicted octanol–water partition coefficient (Wildman–Crippen LogP) is 15.9. The van der Waals surface area contributed by atoms with Gasteiger partial charge >= 0.3 is 0 Å². The van der Waals surface area contributed by atoms with E-state index in [4.69, 9.17) is 4.42 Å². The quantitative estimate of drug-likeness (QED) is 0.177. The second kappa shape index (κ2) is 12.3. The number of hydrogen-bond acceptors (Lipinski definition) is 2. The number of nitrogens with zero attached hydrogens (tertiary/aromatic N) is 2. The lowest BCUT2D eigenvalue weighted by Crippen LogP contribution is -2.33. The molecule has 1 spiro atoms. The molecular weight excluding hydrogens is 772 g/mol. The van der Waals surface area contributed by atoms with E-state index < -0.39 is 5.41 Å². The number of para-hydroxylation sites is 5. The van der Waals surface area contributed by atoms with Crippen LogP contribution in [-0.4, -0.2) is 4.57 Å². The molecule has 63 heavy (non-hydrogen) atoms. The van der Waals surface area contributed by atoms with Crippen molar-refractivity contribution in [3.05, 3.63) is 227 Å². The normalized spacial score (nSPS) is 15.0. The third-order valence-corrected chi connectivity index (χ3v) is 14.2. The highest BCUT2D eigenvalue weighted by Crippen LogP contribution is 2.64. The highest BCUT2D eigenvalue weighted by molar-refractivity contribution is 6.19. The molecule has 0 bridgehead atoms. The van der Waals surface area contributed by atoms with Gasteiger partial charge in [0.25, 0.3) is 0 Å². The highest BCUT2D eigenvalue weighted by Gasteiger charge is 2.52. The van der Waals surface area contributed by atoms with Crippen molar-refractivity contribution in [1.29, 1.82) is 0 Å². The van der Waals surface area contributed by atoms with Crippen molar-refractivity contribution in [1.82, 2.24) is 4.57 Å².